The van der Waals surface area contributed by atoms with Gasteiger partial charge in [0.2, 0.25) is 0 Å². The Hall–Kier alpha value is -2.42. The predicted octanol–water partition coefficient (Wildman–Crippen LogP) is 1.25. The molecule has 0 saturated carbocycles. The topological polar surface area (TPSA) is 94.3 Å². The van der Waals surface area contributed by atoms with Gasteiger partial charge in [-0.25, -0.2) is 9.89 Å². The Kier molecular flexibility index (Phi) is 4.33. The van der Waals surface area contributed by atoms with E-state index < -0.39 is 0 Å². The lowest BCUT2D eigenvalue weighted by molar-refractivity contribution is 0.603. The average Bonchev–Trinajstić information content (AvgIpc) is 3.15. The van der Waals surface area contributed by atoms with E-state index in [0.29, 0.717) is 23.3 Å². The van der Waals surface area contributed by atoms with Crippen molar-refractivity contribution in [3.05, 3.63) is 46.6 Å². The first kappa shape index (κ1) is 14.5. The summed E-state index contributed by atoms with van der Waals surface area (Å²) in [6.45, 7) is 2.66. The third-order valence-corrected chi connectivity index (χ3v) is 4.01. The number of H-pyrrole nitrogens is 1. The number of nitrogens with zero attached hydrogens (tertiary/aromatic N) is 6. The smallest absolute Gasteiger partial charge is 0.270 e. The van der Waals surface area contributed by atoms with Gasteiger partial charge in [-0.05, 0) is 29.0 Å². The number of rotatable bonds is 6. The fraction of sp³-hybridized carbons (Fsp3) is 0.308. The van der Waals surface area contributed by atoms with E-state index in [9.17, 15) is 4.79 Å². The van der Waals surface area contributed by atoms with Crippen molar-refractivity contribution in [3.63, 3.8) is 0 Å². The molecule has 0 aliphatic carbocycles. The summed E-state index contributed by atoms with van der Waals surface area (Å²) in [5.74, 6) is 1.23. The first-order chi connectivity index (χ1) is 10.8. The van der Waals surface area contributed by atoms with Crippen LogP contribution in [0.5, 0.6) is 0 Å². The van der Waals surface area contributed by atoms with Crippen LogP contribution in [-0.2, 0) is 12.3 Å². The third-order valence-electron chi connectivity index (χ3n) is 3.04. The quantitative estimate of drug-likeness (QED) is 0.688. The van der Waals surface area contributed by atoms with Crippen LogP contribution in [0.1, 0.15) is 19.2 Å². The molecule has 0 aliphatic rings. The van der Waals surface area contributed by atoms with Crippen molar-refractivity contribution in [2.24, 2.45) is 0 Å². The number of thioether (sulfide) groups is 1. The predicted molar refractivity (Wildman–Crippen MR) is 81.9 cm³/mol. The number of tetrazole rings is 1. The van der Waals surface area contributed by atoms with Crippen molar-refractivity contribution >= 4 is 11.8 Å². The lowest BCUT2D eigenvalue weighted by atomic mass is 10.3. The molecule has 1 N–H and O–H groups in total. The van der Waals surface area contributed by atoms with Crippen LogP contribution in [0.4, 0.5) is 0 Å². The van der Waals surface area contributed by atoms with Crippen molar-refractivity contribution in [2.45, 2.75) is 30.8 Å². The molecule has 9 heteroatoms. The standard InChI is InChI=1S/C13H15N7OS/c1-2-8-19-12(21)15-16-13(19)22-9-11-14-17-18-20(11)10-6-4-3-5-7-10/h3-7H,2,8-9H2,1H3,(H,15,21). The minimum Gasteiger partial charge on any atom is -0.270 e. The molecule has 2 aromatic heterocycles. The molecule has 114 valence electrons. The number of nitrogens with one attached hydrogen (secondary N) is 1. The molecule has 0 bridgehead atoms. The zero-order valence-corrected chi connectivity index (χ0v) is 12.8. The van der Waals surface area contributed by atoms with Gasteiger partial charge in [0.25, 0.3) is 0 Å². The van der Waals surface area contributed by atoms with Crippen LogP contribution in [0, 0.1) is 0 Å². The summed E-state index contributed by atoms with van der Waals surface area (Å²) in [6, 6.07) is 9.68. The maximum atomic E-state index is 11.7. The summed E-state index contributed by atoms with van der Waals surface area (Å²) in [7, 11) is 0. The Morgan fingerprint density at radius 2 is 2.09 bits per heavy atom. The van der Waals surface area contributed by atoms with Gasteiger partial charge in [-0.3, -0.25) is 4.57 Å². The molecule has 8 nitrogen and oxygen atoms in total. The normalized spacial score (nSPS) is 11.0. The number of para-hydroxylation sites is 1. The van der Waals surface area contributed by atoms with Crippen molar-refractivity contribution in [3.8, 4) is 5.69 Å². The monoisotopic (exact) mass is 317 g/mol. The van der Waals surface area contributed by atoms with Gasteiger partial charge >= 0.3 is 5.69 Å². The van der Waals surface area contributed by atoms with Crippen molar-refractivity contribution in [1.29, 1.82) is 0 Å². The largest absolute Gasteiger partial charge is 0.343 e. The van der Waals surface area contributed by atoms with Gasteiger partial charge in [-0.2, -0.15) is 4.68 Å². The van der Waals surface area contributed by atoms with E-state index in [1.165, 1.54) is 11.8 Å². The van der Waals surface area contributed by atoms with E-state index >= 15 is 0 Å². The highest BCUT2D eigenvalue weighted by atomic mass is 32.2. The number of aromatic amines is 1. The minimum atomic E-state index is -0.188. The van der Waals surface area contributed by atoms with Crippen molar-refractivity contribution in [1.82, 2.24) is 35.0 Å². The second-order valence-corrected chi connectivity index (χ2v) is 5.54. The van der Waals surface area contributed by atoms with E-state index in [2.05, 4.69) is 25.7 Å². The molecular weight excluding hydrogens is 302 g/mol. The first-order valence-corrected chi connectivity index (χ1v) is 7.89. The molecule has 0 spiro atoms. The van der Waals surface area contributed by atoms with Crippen LogP contribution in [0.2, 0.25) is 0 Å². The van der Waals surface area contributed by atoms with E-state index in [1.54, 1.807) is 9.25 Å². The summed E-state index contributed by atoms with van der Waals surface area (Å²) in [5, 5.41) is 19.0. The highest BCUT2D eigenvalue weighted by molar-refractivity contribution is 7.98. The Balaban J connectivity index is 1.79. The molecule has 2 heterocycles. The minimum absolute atomic E-state index is 0.188. The molecule has 0 aliphatic heterocycles. The summed E-state index contributed by atoms with van der Waals surface area (Å²) >= 11 is 1.43. The average molecular weight is 317 g/mol. The molecule has 0 radical (unpaired) electrons. The lowest BCUT2D eigenvalue weighted by Crippen LogP contribution is -2.17. The van der Waals surface area contributed by atoms with Crippen LogP contribution in [0.3, 0.4) is 0 Å². The van der Waals surface area contributed by atoms with E-state index in [4.69, 9.17) is 0 Å². The number of hydrogen-bond acceptors (Lipinski definition) is 6. The molecular formula is C13H15N7OS. The third kappa shape index (κ3) is 2.93. The van der Waals surface area contributed by atoms with Gasteiger partial charge in [0.1, 0.15) is 0 Å². The Morgan fingerprint density at radius 3 is 2.86 bits per heavy atom. The maximum absolute atomic E-state index is 11.7. The molecule has 3 rings (SSSR count). The van der Waals surface area contributed by atoms with E-state index in [-0.39, 0.29) is 5.69 Å². The van der Waals surface area contributed by atoms with Crippen LogP contribution in [0.25, 0.3) is 5.69 Å². The SMILES string of the molecule is CCCn1c(SCc2nnnn2-c2ccccc2)n[nH]c1=O. The maximum Gasteiger partial charge on any atom is 0.343 e. The first-order valence-electron chi connectivity index (χ1n) is 6.90. The zero-order valence-electron chi connectivity index (χ0n) is 12.0. The molecule has 22 heavy (non-hydrogen) atoms. The number of benzene rings is 1. The molecule has 1 aromatic carbocycles. The summed E-state index contributed by atoms with van der Waals surface area (Å²) in [5.41, 5.74) is 0.711. The van der Waals surface area contributed by atoms with Gasteiger partial charge in [-0.1, -0.05) is 36.9 Å². The van der Waals surface area contributed by atoms with E-state index in [0.717, 1.165) is 12.1 Å². The molecule has 3 aromatic rings. The van der Waals surface area contributed by atoms with Crippen LogP contribution in [-0.4, -0.2) is 35.0 Å². The summed E-state index contributed by atoms with van der Waals surface area (Å²) in [6.07, 6.45) is 0.870. The van der Waals surface area contributed by atoms with E-state index in [1.807, 2.05) is 37.3 Å². The molecule has 0 fully saturated rings. The number of hydrogen-bond donors (Lipinski definition) is 1. The lowest BCUT2D eigenvalue weighted by Gasteiger charge is -2.05. The molecule has 0 saturated heterocycles. The van der Waals surface area contributed by atoms with Crippen molar-refractivity contribution < 1.29 is 0 Å². The van der Waals surface area contributed by atoms with Crippen LogP contribution >= 0.6 is 11.8 Å². The van der Waals surface area contributed by atoms with Crippen molar-refractivity contribution in [2.75, 3.05) is 0 Å². The van der Waals surface area contributed by atoms with Gasteiger partial charge in [0, 0.05) is 6.54 Å². The molecule has 0 atom stereocenters. The van der Waals surface area contributed by atoms with Gasteiger partial charge in [-0.15, -0.1) is 10.2 Å². The van der Waals surface area contributed by atoms with Gasteiger partial charge < -0.3 is 0 Å². The second-order valence-electron chi connectivity index (χ2n) is 4.59. The Bertz CT molecular complexity index is 792. The highest BCUT2D eigenvalue weighted by Crippen LogP contribution is 2.19. The molecule has 0 amide bonds. The van der Waals surface area contributed by atoms with Crippen LogP contribution < -0.4 is 5.69 Å². The fourth-order valence-electron chi connectivity index (χ4n) is 2.03. The van der Waals surface area contributed by atoms with Gasteiger partial charge in [0.15, 0.2) is 11.0 Å². The molecule has 0 unspecified atom stereocenters. The fourth-order valence-corrected chi connectivity index (χ4v) is 2.91. The van der Waals surface area contributed by atoms with Gasteiger partial charge in [0.05, 0.1) is 11.4 Å². The Morgan fingerprint density at radius 1 is 1.27 bits per heavy atom. The highest BCUT2D eigenvalue weighted by Gasteiger charge is 2.12. The number of aromatic nitrogens is 7. The summed E-state index contributed by atoms with van der Waals surface area (Å²) in [4.78, 5) is 11.7. The zero-order chi connectivity index (χ0) is 15.4. The second kappa shape index (κ2) is 6.56. The Labute approximate surface area is 130 Å². The summed E-state index contributed by atoms with van der Waals surface area (Å²) < 4.78 is 3.31. The van der Waals surface area contributed by atoms with Crippen LogP contribution in [0.15, 0.2) is 40.3 Å².